The normalized spacial score (nSPS) is 25.0. The summed E-state index contributed by atoms with van der Waals surface area (Å²) < 4.78 is 5.24. The fourth-order valence-corrected chi connectivity index (χ4v) is 2.83. The van der Waals surface area contributed by atoms with Gasteiger partial charge in [0.15, 0.2) is 12.2 Å². The van der Waals surface area contributed by atoms with Gasteiger partial charge in [-0.2, -0.15) is 0 Å². The number of carbonyl (C=O) groups excluding carboxylic acids is 1. The minimum Gasteiger partial charge on any atom is -0.444 e. The Kier molecular flexibility index (Phi) is 3.51. The number of amides is 1. The van der Waals surface area contributed by atoms with Crippen LogP contribution in [0.5, 0.6) is 0 Å². The molecule has 1 heterocycles. The van der Waals surface area contributed by atoms with Crippen LogP contribution in [0.3, 0.4) is 0 Å². The molecule has 1 aliphatic carbocycles. The van der Waals surface area contributed by atoms with Crippen molar-refractivity contribution in [1.82, 2.24) is 4.98 Å². The molecule has 5 heteroatoms. The number of rotatable bonds is 3. The van der Waals surface area contributed by atoms with Crippen molar-refractivity contribution in [3.63, 3.8) is 0 Å². The van der Waals surface area contributed by atoms with E-state index >= 15 is 0 Å². The van der Waals surface area contributed by atoms with E-state index in [1.54, 1.807) is 6.20 Å². The monoisotopic (exact) mass is 285 g/mol. The van der Waals surface area contributed by atoms with Gasteiger partial charge in [-0.25, -0.2) is 4.98 Å². The summed E-state index contributed by atoms with van der Waals surface area (Å²) in [5, 5.41) is 2.96. The molecule has 1 aromatic heterocycles. The Labute approximate surface area is 123 Å². The van der Waals surface area contributed by atoms with Gasteiger partial charge >= 0.3 is 0 Å². The third-order valence-corrected chi connectivity index (χ3v) is 4.41. The fourth-order valence-electron chi connectivity index (χ4n) is 2.83. The summed E-state index contributed by atoms with van der Waals surface area (Å²) in [4.78, 5) is 16.3. The first-order valence-corrected chi connectivity index (χ1v) is 7.15. The third-order valence-electron chi connectivity index (χ3n) is 4.41. The number of hydrogen-bond donors (Lipinski definition) is 2. The van der Waals surface area contributed by atoms with Crippen molar-refractivity contribution in [1.29, 1.82) is 0 Å². The maximum absolute atomic E-state index is 12.4. The molecular formula is C16H19N3O2. The van der Waals surface area contributed by atoms with Crippen molar-refractivity contribution in [3.8, 4) is 11.3 Å². The summed E-state index contributed by atoms with van der Waals surface area (Å²) in [7, 11) is 0. The minimum absolute atomic E-state index is 0.0000784. The number of benzene rings is 1. The van der Waals surface area contributed by atoms with Crippen LogP contribution in [0.25, 0.3) is 11.3 Å². The Morgan fingerprint density at radius 3 is 2.76 bits per heavy atom. The van der Waals surface area contributed by atoms with E-state index in [1.165, 1.54) is 6.39 Å². The van der Waals surface area contributed by atoms with Crippen molar-refractivity contribution >= 4 is 11.6 Å². The molecule has 3 N–H and O–H groups in total. The van der Waals surface area contributed by atoms with Gasteiger partial charge in [0.05, 0.1) is 11.6 Å². The van der Waals surface area contributed by atoms with Gasteiger partial charge in [-0.05, 0) is 44.0 Å². The van der Waals surface area contributed by atoms with Gasteiger partial charge in [0.25, 0.3) is 0 Å². The van der Waals surface area contributed by atoms with Crippen LogP contribution in [0.4, 0.5) is 5.69 Å². The third kappa shape index (κ3) is 2.56. The highest BCUT2D eigenvalue weighted by molar-refractivity contribution is 5.96. The van der Waals surface area contributed by atoms with Gasteiger partial charge in [-0.1, -0.05) is 6.42 Å². The molecule has 21 heavy (non-hydrogen) atoms. The number of aromatic nitrogens is 1. The summed E-state index contributed by atoms with van der Waals surface area (Å²) in [6.07, 6.45) is 5.82. The van der Waals surface area contributed by atoms with Crippen LogP contribution in [0, 0.1) is 5.41 Å². The Bertz CT molecular complexity index is 621. The van der Waals surface area contributed by atoms with Crippen LogP contribution < -0.4 is 11.1 Å². The molecule has 2 aromatic rings. The zero-order valence-corrected chi connectivity index (χ0v) is 12.0. The van der Waals surface area contributed by atoms with Crippen molar-refractivity contribution < 1.29 is 9.21 Å². The van der Waals surface area contributed by atoms with Crippen LogP contribution in [-0.2, 0) is 4.79 Å². The van der Waals surface area contributed by atoms with Crippen molar-refractivity contribution in [2.24, 2.45) is 11.1 Å². The van der Waals surface area contributed by atoms with Crippen molar-refractivity contribution in [2.75, 3.05) is 5.32 Å². The zero-order valence-electron chi connectivity index (χ0n) is 12.0. The molecule has 0 radical (unpaired) electrons. The lowest BCUT2D eigenvalue weighted by atomic mass is 9.84. The average Bonchev–Trinajstić information content (AvgIpc) is 3.12. The molecular weight excluding hydrogens is 266 g/mol. The number of nitrogens with zero attached hydrogens (tertiary/aromatic N) is 1. The van der Waals surface area contributed by atoms with Crippen LogP contribution in [-0.4, -0.2) is 16.9 Å². The highest BCUT2D eigenvalue weighted by atomic mass is 16.3. The number of nitrogens with two attached hydrogens (primary N) is 1. The predicted octanol–water partition coefficient (Wildman–Crippen LogP) is 2.80. The molecule has 3 rings (SSSR count). The number of carbonyl (C=O) groups is 1. The summed E-state index contributed by atoms with van der Waals surface area (Å²) in [6.45, 7) is 1.95. The molecule has 0 aliphatic heterocycles. The number of nitrogens with one attached hydrogen (secondary N) is 1. The van der Waals surface area contributed by atoms with E-state index in [2.05, 4.69) is 10.3 Å². The van der Waals surface area contributed by atoms with E-state index < -0.39 is 5.41 Å². The highest BCUT2D eigenvalue weighted by Crippen LogP contribution is 2.37. The first-order chi connectivity index (χ1) is 10.1. The van der Waals surface area contributed by atoms with E-state index in [1.807, 2.05) is 31.2 Å². The molecule has 1 amide bonds. The lowest BCUT2D eigenvalue weighted by molar-refractivity contribution is -0.125. The van der Waals surface area contributed by atoms with Crippen molar-refractivity contribution in [3.05, 3.63) is 36.9 Å². The van der Waals surface area contributed by atoms with E-state index in [-0.39, 0.29) is 11.9 Å². The van der Waals surface area contributed by atoms with Gasteiger partial charge in [-0.3, -0.25) is 4.79 Å². The SMILES string of the molecule is CC1(C(=O)Nc2ccc(-c3cnco3)cc2)CCCC1N. The topological polar surface area (TPSA) is 81.2 Å². The molecule has 5 nitrogen and oxygen atoms in total. The summed E-state index contributed by atoms with van der Waals surface area (Å²) in [5.41, 5.74) is 7.30. The average molecular weight is 285 g/mol. The summed E-state index contributed by atoms with van der Waals surface area (Å²) in [6, 6.07) is 7.45. The lowest BCUT2D eigenvalue weighted by Crippen LogP contribution is -2.44. The molecule has 0 bridgehead atoms. The molecule has 0 spiro atoms. The molecule has 110 valence electrons. The second-order valence-corrected chi connectivity index (χ2v) is 5.81. The molecule has 1 fully saturated rings. The number of anilines is 1. The molecule has 1 aliphatic rings. The number of hydrogen-bond acceptors (Lipinski definition) is 4. The molecule has 2 unspecified atom stereocenters. The molecule has 1 aromatic carbocycles. The Balaban J connectivity index is 1.72. The Hall–Kier alpha value is -2.14. The van der Waals surface area contributed by atoms with Gasteiger partial charge in [-0.15, -0.1) is 0 Å². The van der Waals surface area contributed by atoms with Crippen LogP contribution in [0.15, 0.2) is 41.3 Å². The second kappa shape index (κ2) is 5.33. The van der Waals surface area contributed by atoms with Crippen LogP contribution in [0.1, 0.15) is 26.2 Å². The maximum atomic E-state index is 12.4. The summed E-state index contributed by atoms with van der Waals surface area (Å²) in [5.74, 6) is 0.706. The highest BCUT2D eigenvalue weighted by Gasteiger charge is 2.42. The van der Waals surface area contributed by atoms with E-state index in [0.29, 0.717) is 5.76 Å². The first-order valence-electron chi connectivity index (χ1n) is 7.15. The quantitative estimate of drug-likeness (QED) is 0.908. The Morgan fingerprint density at radius 1 is 1.43 bits per heavy atom. The van der Waals surface area contributed by atoms with Gasteiger partial charge < -0.3 is 15.5 Å². The maximum Gasteiger partial charge on any atom is 0.231 e. The van der Waals surface area contributed by atoms with E-state index in [4.69, 9.17) is 10.2 Å². The van der Waals surface area contributed by atoms with E-state index in [9.17, 15) is 4.79 Å². The van der Waals surface area contributed by atoms with Crippen molar-refractivity contribution in [2.45, 2.75) is 32.2 Å². The molecule has 1 saturated carbocycles. The Morgan fingerprint density at radius 2 is 2.19 bits per heavy atom. The second-order valence-electron chi connectivity index (χ2n) is 5.81. The minimum atomic E-state index is -0.469. The van der Waals surface area contributed by atoms with E-state index in [0.717, 1.165) is 30.5 Å². The smallest absolute Gasteiger partial charge is 0.231 e. The first kappa shape index (κ1) is 13.8. The zero-order chi connectivity index (χ0) is 14.9. The predicted molar refractivity (Wildman–Crippen MR) is 80.5 cm³/mol. The van der Waals surface area contributed by atoms with Crippen LogP contribution >= 0.6 is 0 Å². The molecule has 2 atom stereocenters. The number of oxazole rings is 1. The fraction of sp³-hybridized carbons (Fsp3) is 0.375. The lowest BCUT2D eigenvalue weighted by Gasteiger charge is -2.27. The molecule has 0 saturated heterocycles. The van der Waals surface area contributed by atoms with Gasteiger partial charge in [0, 0.05) is 17.3 Å². The van der Waals surface area contributed by atoms with Gasteiger partial charge in [0.2, 0.25) is 5.91 Å². The van der Waals surface area contributed by atoms with Gasteiger partial charge in [0.1, 0.15) is 0 Å². The largest absolute Gasteiger partial charge is 0.444 e. The standard InChI is InChI=1S/C16H19N3O2/c1-16(8-2-3-14(16)17)15(20)19-12-6-4-11(5-7-12)13-9-18-10-21-13/h4-7,9-10,14H,2-3,8,17H2,1H3,(H,19,20). The van der Waals surface area contributed by atoms with Crippen LogP contribution in [0.2, 0.25) is 0 Å². The summed E-state index contributed by atoms with van der Waals surface area (Å²) >= 11 is 0.